The van der Waals surface area contributed by atoms with E-state index in [4.69, 9.17) is 0 Å². The highest BCUT2D eigenvalue weighted by Crippen LogP contribution is 2.37. The van der Waals surface area contributed by atoms with Crippen molar-refractivity contribution in [3.05, 3.63) is 18.2 Å². The van der Waals surface area contributed by atoms with Crippen LogP contribution in [0, 0.1) is 5.92 Å². The molecule has 0 bridgehead atoms. The second kappa shape index (κ2) is 4.44. The van der Waals surface area contributed by atoms with Crippen LogP contribution in [0.5, 0.6) is 0 Å². The molecule has 6 heteroatoms. The summed E-state index contributed by atoms with van der Waals surface area (Å²) >= 11 is 0. The zero-order valence-electron chi connectivity index (χ0n) is 10.7. The van der Waals surface area contributed by atoms with Gasteiger partial charge in [0, 0.05) is 19.5 Å². The lowest BCUT2D eigenvalue weighted by Gasteiger charge is -2.25. The molecule has 1 saturated heterocycles. The Bertz CT molecular complexity index is 481. The van der Waals surface area contributed by atoms with Crippen molar-refractivity contribution in [2.45, 2.75) is 32.4 Å². The lowest BCUT2D eigenvalue weighted by Crippen LogP contribution is -2.29. The molecular formula is C12H17N3O3. The molecule has 1 amide bonds. The van der Waals surface area contributed by atoms with Crippen molar-refractivity contribution in [2.75, 3.05) is 7.05 Å². The molecule has 18 heavy (non-hydrogen) atoms. The van der Waals surface area contributed by atoms with Crippen molar-refractivity contribution in [1.29, 1.82) is 0 Å². The van der Waals surface area contributed by atoms with E-state index >= 15 is 0 Å². The molecule has 2 unspecified atom stereocenters. The van der Waals surface area contributed by atoms with Gasteiger partial charge in [-0.05, 0) is 13.8 Å². The average Bonchev–Trinajstić information content (AvgIpc) is 2.85. The number of carboxylic acid groups (broad SMARTS) is 1. The highest BCUT2D eigenvalue weighted by Gasteiger charge is 2.44. The molecular weight excluding hydrogens is 234 g/mol. The topological polar surface area (TPSA) is 75.4 Å². The number of hydrogen-bond donors (Lipinski definition) is 1. The zero-order chi connectivity index (χ0) is 13.4. The number of carbonyl (C=O) groups is 2. The molecule has 98 valence electrons. The van der Waals surface area contributed by atoms with Crippen LogP contribution in [0.3, 0.4) is 0 Å². The van der Waals surface area contributed by atoms with Gasteiger partial charge in [-0.25, -0.2) is 4.98 Å². The normalized spacial score (nSPS) is 24.0. The van der Waals surface area contributed by atoms with Gasteiger partial charge in [0.05, 0.1) is 30.2 Å². The Morgan fingerprint density at radius 3 is 2.78 bits per heavy atom. The van der Waals surface area contributed by atoms with E-state index in [9.17, 15) is 14.7 Å². The number of nitrogens with zero attached hydrogens (tertiary/aromatic N) is 3. The zero-order valence-corrected chi connectivity index (χ0v) is 10.7. The van der Waals surface area contributed by atoms with Crippen LogP contribution in [0.4, 0.5) is 0 Å². The SMILES string of the molecule is CC(C)n1cncc1C1C(C(=O)O)CC(=O)N1C. The Hall–Kier alpha value is -1.85. The molecule has 0 saturated carbocycles. The maximum atomic E-state index is 11.7. The van der Waals surface area contributed by atoms with E-state index in [-0.39, 0.29) is 18.4 Å². The standard InChI is InChI=1S/C12H17N3O3/c1-7(2)15-6-13-5-9(15)11-8(12(17)18)4-10(16)14(11)3/h5-8,11H,4H2,1-3H3,(H,17,18). The minimum atomic E-state index is -0.936. The van der Waals surface area contributed by atoms with Gasteiger partial charge < -0.3 is 14.6 Å². The summed E-state index contributed by atoms with van der Waals surface area (Å²) in [7, 11) is 1.65. The van der Waals surface area contributed by atoms with Gasteiger partial charge in [-0.15, -0.1) is 0 Å². The van der Waals surface area contributed by atoms with Crippen LogP contribution in [0.15, 0.2) is 12.5 Å². The van der Waals surface area contributed by atoms with Crippen LogP contribution >= 0.6 is 0 Å². The number of rotatable bonds is 3. The van der Waals surface area contributed by atoms with E-state index in [0.717, 1.165) is 5.69 Å². The molecule has 1 fully saturated rings. The smallest absolute Gasteiger partial charge is 0.309 e. The highest BCUT2D eigenvalue weighted by atomic mass is 16.4. The molecule has 2 heterocycles. The van der Waals surface area contributed by atoms with Gasteiger partial charge in [-0.2, -0.15) is 0 Å². The number of carboxylic acids is 1. The monoisotopic (exact) mass is 251 g/mol. The molecule has 0 aliphatic carbocycles. The summed E-state index contributed by atoms with van der Waals surface area (Å²) in [6.07, 6.45) is 3.38. The molecule has 6 nitrogen and oxygen atoms in total. The van der Waals surface area contributed by atoms with E-state index in [1.807, 2.05) is 18.4 Å². The third-order valence-electron chi connectivity index (χ3n) is 3.46. The Morgan fingerprint density at radius 2 is 2.22 bits per heavy atom. The first kappa shape index (κ1) is 12.6. The Labute approximate surface area is 105 Å². The fraction of sp³-hybridized carbons (Fsp3) is 0.583. The molecule has 0 aromatic carbocycles. The maximum Gasteiger partial charge on any atom is 0.309 e. The number of aliphatic carboxylic acids is 1. The fourth-order valence-electron chi connectivity index (χ4n) is 2.47. The number of likely N-dealkylation sites (tertiary alicyclic amines) is 1. The van der Waals surface area contributed by atoms with Crippen molar-refractivity contribution in [2.24, 2.45) is 5.92 Å². The third-order valence-corrected chi connectivity index (χ3v) is 3.46. The molecule has 1 aliphatic heterocycles. The van der Waals surface area contributed by atoms with E-state index in [1.54, 1.807) is 19.6 Å². The lowest BCUT2D eigenvalue weighted by atomic mass is 9.98. The summed E-state index contributed by atoms with van der Waals surface area (Å²) in [6.45, 7) is 4.00. The second-order valence-electron chi connectivity index (χ2n) is 4.92. The summed E-state index contributed by atoms with van der Waals surface area (Å²) < 4.78 is 1.91. The number of imidazole rings is 1. The molecule has 0 spiro atoms. The molecule has 0 radical (unpaired) electrons. The molecule has 1 N–H and O–H groups in total. The van der Waals surface area contributed by atoms with Gasteiger partial charge in [0.2, 0.25) is 5.91 Å². The van der Waals surface area contributed by atoms with Crippen LogP contribution in [0.1, 0.15) is 38.0 Å². The molecule has 1 aromatic rings. The quantitative estimate of drug-likeness (QED) is 0.871. The first-order valence-corrected chi connectivity index (χ1v) is 5.93. The number of hydrogen-bond acceptors (Lipinski definition) is 3. The van der Waals surface area contributed by atoms with Crippen molar-refractivity contribution in [1.82, 2.24) is 14.5 Å². The van der Waals surface area contributed by atoms with E-state index in [2.05, 4.69) is 4.98 Å². The highest BCUT2D eigenvalue weighted by molar-refractivity contribution is 5.87. The molecule has 1 aromatic heterocycles. The predicted molar refractivity (Wildman–Crippen MR) is 63.9 cm³/mol. The number of amides is 1. The molecule has 1 aliphatic rings. The summed E-state index contributed by atoms with van der Waals surface area (Å²) in [6, 6.07) is -0.249. The van der Waals surface area contributed by atoms with Gasteiger partial charge in [0.15, 0.2) is 0 Å². The fourth-order valence-corrected chi connectivity index (χ4v) is 2.47. The van der Waals surface area contributed by atoms with Crippen LogP contribution in [0.2, 0.25) is 0 Å². The summed E-state index contributed by atoms with van der Waals surface area (Å²) in [4.78, 5) is 28.6. The lowest BCUT2D eigenvalue weighted by molar-refractivity contribution is -0.142. The summed E-state index contributed by atoms with van der Waals surface area (Å²) in [5, 5.41) is 9.24. The van der Waals surface area contributed by atoms with Gasteiger partial charge in [-0.1, -0.05) is 0 Å². The van der Waals surface area contributed by atoms with E-state index in [1.165, 1.54) is 4.90 Å². The average molecular weight is 251 g/mol. The molecule has 2 atom stereocenters. The van der Waals surface area contributed by atoms with Crippen molar-refractivity contribution in [3.8, 4) is 0 Å². The van der Waals surface area contributed by atoms with Crippen LogP contribution in [0.25, 0.3) is 0 Å². The van der Waals surface area contributed by atoms with Gasteiger partial charge in [0.1, 0.15) is 0 Å². The van der Waals surface area contributed by atoms with Crippen molar-refractivity contribution < 1.29 is 14.7 Å². The first-order valence-electron chi connectivity index (χ1n) is 5.93. The summed E-state index contributed by atoms with van der Waals surface area (Å²) in [5.41, 5.74) is 0.783. The Morgan fingerprint density at radius 1 is 1.56 bits per heavy atom. The van der Waals surface area contributed by atoms with Crippen molar-refractivity contribution in [3.63, 3.8) is 0 Å². The Balaban J connectivity index is 2.43. The third kappa shape index (κ3) is 1.87. The predicted octanol–water partition coefficient (Wildman–Crippen LogP) is 1.07. The van der Waals surface area contributed by atoms with E-state index in [0.29, 0.717) is 0 Å². The first-order chi connectivity index (χ1) is 8.43. The molecule has 2 rings (SSSR count). The number of carbonyl (C=O) groups excluding carboxylic acids is 1. The van der Waals surface area contributed by atoms with Gasteiger partial charge in [-0.3, -0.25) is 9.59 Å². The number of aromatic nitrogens is 2. The van der Waals surface area contributed by atoms with Gasteiger partial charge in [0.25, 0.3) is 0 Å². The minimum Gasteiger partial charge on any atom is -0.481 e. The second-order valence-corrected chi connectivity index (χ2v) is 4.92. The van der Waals surface area contributed by atoms with Crippen molar-refractivity contribution >= 4 is 11.9 Å². The van der Waals surface area contributed by atoms with Crippen LogP contribution < -0.4 is 0 Å². The maximum absolute atomic E-state index is 11.7. The minimum absolute atomic E-state index is 0.0553. The Kier molecular flexibility index (Phi) is 3.11. The van der Waals surface area contributed by atoms with Crippen LogP contribution in [-0.4, -0.2) is 38.5 Å². The van der Waals surface area contributed by atoms with Gasteiger partial charge >= 0.3 is 5.97 Å². The van der Waals surface area contributed by atoms with E-state index < -0.39 is 17.9 Å². The van der Waals surface area contributed by atoms with Crippen LogP contribution in [-0.2, 0) is 9.59 Å². The summed E-state index contributed by atoms with van der Waals surface area (Å²) in [5.74, 6) is -1.77. The largest absolute Gasteiger partial charge is 0.481 e.